The van der Waals surface area contributed by atoms with Crippen LogP contribution in [0.2, 0.25) is 0 Å². The van der Waals surface area contributed by atoms with Gasteiger partial charge in [0.1, 0.15) is 0 Å². The molecule has 2 aromatic rings. The molecule has 0 bridgehead atoms. The second kappa shape index (κ2) is 4.56. The number of anilines is 1. The van der Waals surface area contributed by atoms with Gasteiger partial charge >= 0.3 is 0 Å². The van der Waals surface area contributed by atoms with Crippen molar-refractivity contribution in [1.82, 2.24) is 20.2 Å². The SMILES string of the molecule is Cn1nnc(CNc2ccc(I)cc2)n1. The van der Waals surface area contributed by atoms with E-state index in [1.807, 2.05) is 24.3 Å². The molecule has 1 aromatic heterocycles. The average Bonchev–Trinajstić information content (AvgIpc) is 2.64. The van der Waals surface area contributed by atoms with Crippen LogP contribution >= 0.6 is 22.6 Å². The first kappa shape index (κ1) is 10.3. The molecule has 0 saturated carbocycles. The van der Waals surface area contributed by atoms with E-state index in [0.717, 1.165) is 5.69 Å². The smallest absolute Gasteiger partial charge is 0.193 e. The van der Waals surface area contributed by atoms with Crippen LogP contribution in [0.4, 0.5) is 5.69 Å². The number of aromatic nitrogens is 4. The monoisotopic (exact) mass is 315 g/mol. The van der Waals surface area contributed by atoms with Crippen LogP contribution in [-0.2, 0) is 13.6 Å². The lowest BCUT2D eigenvalue weighted by Crippen LogP contribution is -2.02. The highest BCUT2D eigenvalue weighted by Gasteiger charge is 1.99. The Morgan fingerprint density at radius 1 is 1.33 bits per heavy atom. The predicted octanol–water partition coefficient (Wildman–Crippen LogP) is 1.43. The molecule has 1 heterocycles. The molecule has 0 fully saturated rings. The maximum atomic E-state index is 4.07. The van der Waals surface area contributed by atoms with Crippen LogP contribution in [0.5, 0.6) is 0 Å². The van der Waals surface area contributed by atoms with Crippen molar-refractivity contribution in [2.75, 3.05) is 5.32 Å². The van der Waals surface area contributed by atoms with Crippen molar-refractivity contribution < 1.29 is 0 Å². The molecule has 2 rings (SSSR count). The maximum Gasteiger partial charge on any atom is 0.193 e. The molecule has 0 unspecified atom stereocenters. The van der Waals surface area contributed by atoms with Gasteiger partial charge in [0.15, 0.2) is 5.82 Å². The van der Waals surface area contributed by atoms with Gasteiger partial charge in [0.05, 0.1) is 13.6 Å². The molecule has 78 valence electrons. The summed E-state index contributed by atoms with van der Waals surface area (Å²) in [7, 11) is 1.75. The Morgan fingerprint density at radius 3 is 2.67 bits per heavy atom. The molecule has 15 heavy (non-hydrogen) atoms. The van der Waals surface area contributed by atoms with Crippen LogP contribution in [0.15, 0.2) is 24.3 Å². The normalized spacial score (nSPS) is 10.3. The molecule has 1 aromatic carbocycles. The van der Waals surface area contributed by atoms with Crippen LogP contribution in [0.25, 0.3) is 0 Å². The Labute approximate surface area is 101 Å². The van der Waals surface area contributed by atoms with Gasteiger partial charge < -0.3 is 5.32 Å². The third-order valence-corrected chi connectivity index (χ3v) is 2.56. The van der Waals surface area contributed by atoms with E-state index in [1.54, 1.807) is 7.05 Å². The quantitative estimate of drug-likeness (QED) is 0.871. The van der Waals surface area contributed by atoms with E-state index in [0.29, 0.717) is 12.4 Å². The van der Waals surface area contributed by atoms with Crippen molar-refractivity contribution in [3.8, 4) is 0 Å². The highest BCUT2D eigenvalue weighted by molar-refractivity contribution is 14.1. The zero-order valence-corrected chi connectivity index (χ0v) is 10.3. The first-order valence-corrected chi connectivity index (χ1v) is 5.54. The van der Waals surface area contributed by atoms with Gasteiger partial charge in [0.25, 0.3) is 0 Å². The van der Waals surface area contributed by atoms with Crippen molar-refractivity contribution in [3.05, 3.63) is 33.7 Å². The van der Waals surface area contributed by atoms with E-state index >= 15 is 0 Å². The summed E-state index contributed by atoms with van der Waals surface area (Å²) in [5, 5.41) is 14.9. The third kappa shape index (κ3) is 2.88. The average molecular weight is 315 g/mol. The van der Waals surface area contributed by atoms with E-state index in [4.69, 9.17) is 0 Å². The second-order valence-corrected chi connectivity index (χ2v) is 4.30. The van der Waals surface area contributed by atoms with Gasteiger partial charge in [-0.2, -0.15) is 4.80 Å². The number of aryl methyl sites for hydroxylation is 1. The zero-order valence-electron chi connectivity index (χ0n) is 8.18. The molecule has 0 aliphatic heterocycles. The summed E-state index contributed by atoms with van der Waals surface area (Å²) in [4.78, 5) is 1.45. The molecular weight excluding hydrogens is 305 g/mol. The second-order valence-electron chi connectivity index (χ2n) is 3.06. The van der Waals surface area contributed by atoms with Gasteiger partial charge in [-0.05, 0) is 52.1 Å². The number of halogens is 1. The van der Waals surface area contributed by atoms with Gasteiger partial charge in [-0.25, -0.2) is 0 Å². The topological polar surface area (TPSA) is 55.6 Å². The van der Waals surface area contributed by atoms with E-state index in [9.17, 15) is 0 Å². The molecule has 1 N–H and O–H groups in total. The Balaban J connectivity index is 1.96. The Bertz CT molecular complexity index is 436. The summed E-state index contributed by atoms with van der Waals surface area (Å²) >= 11 is 2.27. The van der Waals surface area contributed by atoms with Crippen molar-refractivity contribution >= 4 is 28.3 Å². The summed E-state index contributed by atoms with van der Waals surface area (Å²) in [5.41, 5.74) is 1.06. The van der Waals surface area contributed by atoms with E-state index in [-0.39, 0.29) is 0 Å². The highest BCUT2D eigenvalue weighted by Crippen LogP contribution is 2.11. The highest BCUT2D eigenvalue weighted by atomic mass is 127. The third-order valence-electron chi connectivity index (χ3n) is 1.84. The van der Waals surface area contributed by atoms with Crippen LogP contribution in [-0.4, -0.2) is 20.2 Å². The van der Waals surface area contributed by atoms with Gasteiger partial charge in [-0.3, -0.25) is 0 Å². The lowest BCUT2D eigenvalue weighted by Gasteiger charge is -2.02. The van der Waals surface area contributed by atoms with Crippen molar-refractivity contribution in [2.24, 2.45) is 7.05 Å². The number of hydrogen-bond donors (Lipinski definition) is 1. The molecular formula is C9H10IN5. The minimum Gasteiger partial charge on any atom is -0.378 e. The Morgan fingerprint density at radius 2 is 2.07 bits per heavy atom. The molecule has 0 saturated heterocycles. The number of nitrogens with one attached hydrogen (secondary N) is 1. The molecule has 0 aliphatic carbocycles. The summed E-state index contributed by atoms with van der Waals surface area (Å²) in [5.74, 6) is 0.691. The van der Waals surface area contributed by atoms with Crippen LogP contribution in [0.3, 0.4) is 0 Å². The first-order chi connectivity index (χ1) is 7.24. The summed E-state index contributed by atoms with van der Waals surface area (Å²) < 4.78 is 1.22. The first-order valence-electron chi connectivity index (χ1n) is 4.46. The molecule has 5 nitrogen and oxygen atoms in total. The van der Waals surface area contributed by atoms with Crippen LogP contribution in [0, 0.1) is 3.57 Å². The minimum atomic E-state index is 0.592. The lowest BCUT2D eigenvalue weighted by atomic mass is 10.3. The molecule has 0 amide bonds. The fraction of sp³-hybridized carbons (Fsp3) is 0.222. The Kier molecular flexibility index (Phi) is 3.14. The van der Waals surface area contributed by atoms with Gasteiger partial charge in [0, 0.05) is 9.26 Å². The molecule has 0 atom stereocenters. The maximum absolute atomic E-state index is 4.07. The van der Waals surface area contributed by atoms with E-state index < -0.39 is 0 Å². The van der Waals surface area contributed by atoms with Crippen LogP contribution < -0.4 is 5.32 Å². The molecule has 0 radical (unpaired) electrons. The van der Waals surface area contributed by atoms with Gasteiger partial charge in [0.2, 0.25) is 0 Å². The molecule has 0 aliphatic rings. The number of rotatable bonds is 3. The number of benzene rings is 1. The zero-order chi connectivity index (χ0) is 10.7. The largest absolute Gasteiger partial charge is 0.378 e. The van der Waals surface area contributed by atoms with Crippen LogP contribution in [0.1, 0.15) is 5.82 Å². The fourth-order valence-corrected chi connectivity index (χ4v) is 1.50. The van der Waals surface area contributed by atoms with Crippen molar-refractivity contribution in [3.63, 3.8) is 0 Å². The summed E-state index contributed by atoms with van der Waals surface area (Å²) in [6, 6.07) is 8.15. The minimum absolute atomic E-state index is 0.592. The van der Waals surface area contributed by atoms with Crippen molar-refractivity contribution in [1.29, 1.82) is 0 Å². The van der Waals surface area contributed by atoms with Gasteiger partial charge in [-0.1, -0.05) is 0 Å². The van der Waals surface area contributed by atoms with Crippen molar-refractivity contribution in [2.45, 2.75) is 6.54 Å². The molecule has 6 heteroatoms. The standard InChI is InChI=1S/C9H10IN5/c1-15-13-9(12-14-15)6-11-8-4-2-7(10)3-5-8/h2-5,11H,6H2,1H3. The summed E-state index contributed by atoms with van der Waals surface area (Å²) in [6.45, 7) is 0.592. The Hall–Kier alpha value is -1.18. The number of tetrazole rings is 1. The fourth-order valence-electron chi connectivity index (χ4n) is 1.14. The predicted molar refractivity (Wildman–Crippen MR) is 65.3 cm³/mol. The molecule has 0 spiro atoms. The van der Waals surface area contributed by atoms with E-state index in [1.165, 1.54) is 8.37 Å². The number of hydrogen-bond acceptors (Lipinski definition) is 4. The number of nitrogens with zero attached hydrogens (tertiary/aromatic N) is 4. The van der Waals surface area contributed by atoms with E-state index in [2.05, 4.69) is 43.3 Å². The van der Waals surface area contributed by atoms with Gasteiger partial charge in [-0.15, -0.1) is 10.2 Å². The lowest BCUT2D eigenvalue weighted by molar-refractivity contribution is 0.628. The summed E-state index contributed by atoms with van der Waals surface area (Å²) in [6.07, 6.45) is 0.